The maximum atomic E-state index is 12.3. The van der Waals surface area contributed by atoms with Gasteiger partial charge in [-0.25, -0.2) is 9.50 Å². The van der Waals surface area contributed by atoms with Crippen LogP contribution in [0.5, 0.6) is 0 Å². The van der Waals surface area contributed by atoms with Gasteiger partial charge in [0, 0.05) is 35.4 Å². The van der Waals surface area contributed by atoms with Crippen LogP contribution < -0.4 is 5.56 Å². The molecule has 3 rings (SSSR count). The number of carbonyl (C=O) groups is 1. The molecular formula is C13H15N3O3. The van der Waals surface area contributed by atoms with Crippen molar-refractivity contribution in [3.05, 3.63) is 33.4 Å². The van der Waals surface area contributed by atoms with Crippen molar-refractivity contribution in [3.8, 4) is 0 Å². The standard InChI is InChI=1S/C13H15N3O3/c1-7-9(4-5-12(17)18)13(19)16-11(14-7)6-10(15-16)8-2-3-8/h6,8,15H,2-5H2,1H3,(H,17,18). The van der Waals surface area contributed by atoms with Crippen LogP contribution >= 0.6 is 0 Å². The van der Waals surface area contributed by atoms with Crippen molar-refractivity contribution in [2.24, 2.45) is 0 Å². The molecule has 0 radical (unpaired) electrons. The molecule has 1 aliphatic carbocycles. The molecule has 0 amide bonds. The van der Waals surface area contributed by atoms with Crippen molar-refractivity contribution < 1.29 is 9.90 Å². The Morgan fingerprint density at radius 3 is 2.95 bits per heavy atom. The molecular weight excluding hydrogens is 246 g/mol. The lowest BCUT2D eigenvalue weighted by Gasteiger charge is -2.03. The normalized spacial score (nSPS) is 15.0. The molecule has 1 fully saturated rings. The predicted molar refractivity (Wildman–Crippen MR) is 68.5 cm³/mol. The van der Waals surface area contributed by atoms with Crippen molar-refractivity contribution >= 4 is 11.6 Å². The minimum Gasteiger partial charge on any atom is -0.481 e. The van der Waals surface area contributed by atoms with Crippen LogP contribution in [-0.2, 0) is 11.2 Å². The minimum absolute atomic E-state index is 0.0555. The number of aromatic nitrogens is 3. The fraction of sp³-hybridized carbons (Fsp3) is 0.462. The number of nitrogens with zero attached hydrogens (tertiary/aromatic N) is 2. The highest BCUT2D eigenvalue weighted by atomic mass is 16.4. The maximum Gasteiger partial charge on any atom is 0.303 e. The Morgan fingerprint density at radius 1 is 1.58 bits per heavy atom. The summed E-state index contributed by atoms with van der Waals surface area (Å²) >= 11 is 0. The summed E-state index contributed by atoms with van der Waals surface area (Å²) in [5.41, 5.74) is 2.57. The second-order valence-corrected chi connectivity index (χ2v) is 5.05. The van der Waals surface area contributed by atoms with E-state index in [1.807, 2.05) is 6.07 Å². The molecule has 0 unspecified atom stereocenters. The first-order valence-electron chi connectivity index (χ1n) is 6.39. The molecule has 2 aromatic heterocycles. The fourth-order valence-corrected chi connectivity index (χ4v) is 2.31. The molecule has 1 aliphatic rings. The van der Waals surface area contributed by atoms with Gasteiger partial charge in [-0.05, 0) is 26.2 Å². The predicted octanol–water partition coefficient (Wildman–Crippen LogP) is 1.23. The molecule has 0 saturated heterocycles. The number of aryl methyl sites for hydroxylation is 1. The van der Waals surface area contributed by atoms with Crippen molar-refractivity contribution in [2.45, 2.75) is 38.5 Å². The van der Waals surface area contributed by atoms with Crippen LogP contribution in [0.15, 0.2) is 10.9 Å². The Bertz CT molecular complexity index is 710. The molecule has 100 valence electrons. The lowest BCUT2D eigenvalue weighted by atomic mass is 10.1. The number of hydrogen-bond donors (Lipinski definition) is 2. The Balaban J connectivity index is 2.07. The molecule has 6 heteroatoms. The number of fused-ring (bicyclic) bond motifs is 1. The van der Waals surface area contributed by atoms with Crippen LogP contribution in [-0.4, -0.2) is 25.7 Å². The fourth-order valence-electron chi connectivity index (χ4n) is 2.31. The van der Waals surface area contributed by atoms with Crippen LogP contribution in [0.3, 0.4) is 0 Å². The summed E-state index contributed by atoms with van der Waals surface area (Å²) in [5.74, 6) is -0.391. The van der Waals surface area contributed by atoms with E-state index in [1.54, 1.807) is 6.92 Å². The number of hydrogen-bond acceptors (Lipinski definition) is 3. The number of aliphatic carboxylic acids is 1. The van der Waals surface area contributed by atoms with Crippen molar-refractivity contribution in [2.75, 3.05) is 0 Å². The molecule has 2 heterocycles. The minimum atomic E-state index is -0.908. The second-order valence-electron chi connectivity index (χ2n) is 5.05. The van der Waals surface area contributed by atoms with E-state index < -0.39 is 5.97 Å². The SMILES string of the molecule is Cc1nc2cc(C3CC3)[nH]n2c(=O)c1CCC(=O)O. The first kappa shape index (κ1) is 12.0. The average molecular weight is 261 g/mol. The summed E-state index contributed by atoms with van der Waals surface area (Å²) in [4.78, 5) is 27.3. The third-order valence-corrected chi connectivity index (χ3v) is 3.54. The van der Waals surface area contributed by atoms with Gasteiger partial charge in [0.05, 0.1) is 0 Å². The summed E-state index contributed by atoms with van der Waals surface area (Å²) in [5, 5.41) is 11.8. The zero-order valence-corrected chi connectivity index (χ0v) is 10.6. The molecule has 0 atom stereocenters. The molecule has 2 N–H and O–H groups in total. The number of carboxylic acid groups (broad SMARTS) is 1. The molecule has 0 aliphatic heterocycles. The van der Waals surface area contributed by atoms with Crippen molar-refractivity contribution in [3.63, 3.8) is 0 Å². The van der Waals surface area contributed by atoms with Crippen molar-refractivity contribution in [1.82, 2.24) is 14.6 Å². The van der Waals surface area contributed by atoms with E-state index in [0.29, 0.717) is 22.8 Å². The van der Waals surface area contributed by atoms with Gasteiger partial charge in [0.1, 0.15) is 0 Å². The molecule has 2 aromatic rings. The summed E-state index contributed by atoms with van der Waals surface area (Å²) in [7, 11) is 0. The quantitative estimate of drug-likeness (QED) is 0.866. The van der Waals surface area contributed by atoms with Crippen LogP contribution in [0, 0.1) is 6.92 Å². The first-order valence-corrected chi connectivity index (χ1v) is 6.39. The Labute approximate surface area is 109 Å². The van der Waals surface area contributed by atoms with Gasteiger partial charge in [0.25, 0.3) is 5.56 Å². The van der Waals surface area contributed by atoms with Gasteiger partial charge in [0.2, 0.25) is 0 Å². The van der Waals surface area contributed by atoms with Crippen LogP contribution in [0.4, 0.5) is 0 Å². The maximum absolute atomic E-state index is 12.3. The monoisotopic (exact) mass is 261 g/mol. The van der Waals surface area contributed by atoms with Crippen LogP contribution in [0.25, 0.3) is 5.65 Å². The lowest BCUT2D eigenvalue weighted by molar-refractivity contribution is -0.136. The molecule has 6 nitrogen and oxygen atoms in total. The Hall–Kier alpha value is -2.11. The van der Waals surface area contributed by atoms with Crippen LogP contribution in [0.1, 0.15) is 42.1 Å². The highest BCUT2D eigenvalue weighted by Crippen LogP contribution is 2.39. The average Bonchev–Trinajstić information content (AvgIpc) is 3.10. The topological polar surface area (TPSA) is 87.5 Å². The number of nitrogens with one attached hydrogen (secondary N) is 1. The number of carboxylic acids is 1. The zero-order valence-electron chi connectivity index (χ0n) is 10.6. The highest BCUT2D eigenvalue weighted by Gasteiger charge is 2.26. The van der Waals surface area contributed by atoms with E-state index in [-0.39, 0.29) is 18.4 Å². The number of rotatable bonds is 4. The van der Waals surface area contributed by atoms with Gasteiger partial charge < -0.3 is 5.11 Å². The number of aromatic amines is 1. The molecule has 19 heavy (non-hydrogen) atoms. The largest absolute Gasteiger partial charge is 0.481 e. The summed E-state index contributed by atoms with van der Waals surface area (Å²) in [6.07, 6.45) is 2.45. The van der Waals surface area contributed by atoms with Gasteiger partial charge in [-0.3, -0.25) is 14.7 Å². The van der Waals surface area contributed by atoms with Gasteiger partial charge in [-0.2, -0.15) is 0 Å². The second kappa shape index (κ2) is 4.22. The van der Waals surface area contributed by atoms with E-state index in [2.05, 4.69) is 10.1 Å². The van der Waals surface area contributed by atoms with Gasteiger partial charge in [0.15, 0.2) is 5.65 Å². The third kappa shape index (κ3) is 2.14. The third-order valence-electron chi connectivity index (χ3n) is 3.54. The molecule has 0 spiro atoms. The van der Waals surface area contributed by atoms with E-state index >= 15 is 0 Å². The molecule has 0 aromatic carbocycles. The molecule has 0 bridgehead atoms. The highest BCUT2D eigenvalue weighted by molar-refractivity contribution is 5.67. The lowest BCUT2D eigenvalue weighted by Crippen LogP contribution is -2.22. The van der Waals surface area contributed by atoms with Crippen molar-refractivity contribution in [1.29, 1.82) is 0 Å². The number of H-pyrrole nitrogens is 1. The zero-order chi connectivity index (χ0) is 13.6. The summed E-state index contributed by atoms with van der Waals surface area (Å²) in [6.45, 7) is 1.75. The Morgan fingerprint density at radius 2 is 2.32 bits per heavy atom. The van der Waals surface area contributed by atoms with Crippen LogP contribution in [0.2, 0.25) is 0 Å². The van der Waals surface area contributed by atoms with Gasteiger partial charge in [-0.15, -0.1) is 0 Å². The smallest absolute Gasteiger partial charge is 0.303 e. The summed E-state index contributed by atoms with van der Waals surface area (Å²) < 4.78 is 1.43. The van der Waals surface area contributed by atoms with E-state index in [9.17, 15) is 9.59 Å². The summed E-state index contributed by atoms with van der Waals surface area (Å²) in [6, 6.07) is 1.91. The van der Waals surface area contributed by atoms with E-state index in [0.717, 1.165) is 18.5 Å². The molecule has 1 saturated carbocycles. The van der Waals surface area contributed by atoms with Gasteiger partial charge in [-0.1, -0.05) is 0 Å². The van der Waals surface area contributed by atoms with E-state index in [4.69, 9.17) is 5.11 Å². The van der Waals surface area contributed by atoms with E-state index in [1.165, 1.54) is 4.52 Å². The first-order chi connectivity index (χ1) is 9.06. The Kier molecular flexibility index (Phi) is 2.66. The van der Waals surface area contributed by atoms with Gasteiger partial charge >= 0.3 is 5.97 Å².